The van der Waals surface area contributed by atoms with Gasteiger partial charge in [0.1, 0.15) is 5.75 Å². The first kappa shape index (κ1) is 14.0. The second-order valence-electron chi connectivity index (χ2n) is 5.31. The second kappa shape index (κ2) is 5.25. The molecule has 0 bridgehead atoms. The van der Waals surface area contributed by atoms with E-state index >= 15 is 0 Å². The molecule has 112 valence electrons. The molecule has 1 heterocycles. The van der Waals surface area contributed by atoms with Crippen molar-refractivity contribution >= 4 is 34.2 Å². The standard InChI is InChI=1S/C19H13NO2S/c1-23-18-13-10-6-5-9-12(13)17(21)14-15(18)19(22)20-16(14)11-7-3-2-4-8-11/h2-10,21H,1H3. The number of phenols is 1. The Morgan fingerprint density at radius 1 is 0.913 bits per heavy atom. The molecule has 0 radical (unpaired) electrons. The minimum Gasteiger partial charge on any atom is -0.507 e. The number of benzene rings is 3. The van der Waals surface area contributed by atoms with E-state index in [2.05, 4.69) is 4.99 Å². The third-order valence-corrected chi connectivity index (χ3v) is 4.89. The van der Waals surface area contributed by atoms with Gasteiger partial charge in [0, 0.05) is 15.8 Å². The topological polar surface area (TPSA) is 49.7 Å². The van der Waals surface area contributed by atoms with Crippen LogP contribution in [0.25, 0.3) is 10.8 Å². The van der Waals surface area contributed by atoms with Crippen molar-refractivity contribution in [2.45, 2.75) is 4.90 Å². The van der Waals surface area contributed by atoms with E-state index in [-0.39, 0.29) is 11.7 Å². The maximum absolute atomic E-state index is 12.5. The number of amides is 1. The van der Waals surface area contributed by atoms with E-state index in [1.807, 2.05) is 60.9 Å². The van der Waals surface area contributed by atoms with E-state index in [9.17, 15) is 9.90 Å². The minimum absolute atomic E-state index is 0.127. The molecule has 0 saturated heterocycles. The van der Waals surface area contributed by atoms with Crippen LogP contribution >= 0.6 is 11.8 Å². The molecule has 4 heteroatoms. The van der Waals surface area contributed by atoms with Gasteiger partial charge < -0.3 is 5.11 Å². The van der Waals surface area contributed by atoms with Crippen LogP contribution in [0.4, 0.5) is 0 Å². The Kier molecular flexibility index (Phi) is 3.20. The smallest absolute Gasteiger partial charge is 0.279 e. The van der Waals surface area contributed by atoms with E-state index in [4.69, 9.17) is 0 Å². The fraction of sp³-hybridized carbons (Fsp3) is 0.0526. The van der Waals surface area contributed by atoms with Crippen LogP contribution < -0.4 is 0 Å². The summed E-state index contributed by atoms with van der Waals surface area (Å²) in [6, 6.07) is 17.1. The SMILES string of the molecule is CSc1c2c(c(O)c3ccccc13)C(c1ccccc1)=NC2=O. The lowest BCUT2D eigenvalue weighted by Crippen LogP contribution is -2.03. The fourth-order valence-electron chi connectivity index (χ4n) is 3.05. The number of phenolic OH excluding ortho intramolecular Hbond substituents is 1. The number of thioether (sulfide) groups is 1. The maximum Gasteiger partial charge on any atom is 0.279 e. The van der Waals surface area contributed by atoms with Gasteiger partial charge in [-0.2, -0.15) is 0 Å². The zero-order valence-corrected chi connectivity index (χ0v) is 13.2. The minimum atomic E-state index is -0.288. The lowest BCUT2D eigenvalue weighted by molar-refractivity contribution is 0.100. The molecular weight excluding hydrogens is 306 g/mol. The molecule has 1 N–H and O–H groups in total. The summed E-state index contributed by atoms with van der Waals surface area (Å²) in [6.07, 6.45) is 1.94. The largest absolute Gasteiger partial charge is 0.507 e. The normalized spacial score (nSPS) is 13.3. The molecule has 0 fully saturated rings. The molecule has 23 heavy (non-hydrogen) atoms. The van der Waals surface area contributed by atoms with Crippen molar-refractivity contribution in [1.82, 2.24) is 0 Å². The summed E-state index contributed by atoms with van der Waals surface area (Å²) >= 11 is 1.51. The summed E-state index contributed by atoms with van der Waals surface area (Å²) in [4.78, 5) is 17.6. The number of aromatic hydroxyl groups is 1. The maximum atomic E-state index is 12.5. The van der Waals surface area contributed by atoms with Gasteiger partial charge >= 0.3 is 0 Å². The zero-order valence-electron chi connectivity index (χ0n) is 12.4. The average Bonchev–Trinajstić information content (AvgIpc) is 2.94. The number of hydrogen-bond acceptors (Lipinski definition) is 3. The van der Waals surface area contributed by atoms with Gasteiger partial charge in [-0.15, -0.1) is 11.8 Å². The Balaban J connectivity index is 2.11. The molecular formula is C19H13NO2S. The van der Waals surface area contributed by atoms with Gasteiger partial charge in [0.25, 0.3) is 5.91 Å². The summed E-state index contributed by atoms with van der Waals surface area (Å²) in [5.41, 5.74) is 2.43. The van der Waals surface area contributed by atoms with Crippen LogP contribution in [-0.4, -0.2) is 23.0 Å². The number of fused-ring (bicyclic) bond motifs is 2. The van der Waals surface area contributed by atoms with Crippen molar-refractivity contribution in [3.8, 4) is 5.75 Å². The number of hydrogen-bond donors (Lipinski definition) is 1. The number of carbonyl (C=O) groups excluding carboxylic acids is 1. The highest BCUT2D eigenvalue weighted by Crippen LogP contribution is 2.43. The van der Waals surface area contributed by atoms with E-state index in [1.165, 1.54) is 11.8 Å². The quantitative estimate of drug-likeness (QED) is 0.718. The van der Waals surface area contributed by atoms with Crippen LogP contribution in [0.3, 0.4) is 0 Å². The van der Waals surface area contributed by atoms with E-state index in [1.54, 1.807) is 0 Å². The van der Waals surface area contributed by atoms with Gasteiger partial charge in [-0.3, -0.25) is 4.79 Å². The van der Waals surface area contributed by atoms with Crippen molar-refractivity contribution < 1.29 is 9.90 Å². The van der Waals surface area contributed by atoms with E-state index < -0.39 is 0 Å². The monoisotopic (exact) mass is 319 g/mol. The molecule has 0 aliphatic carbocycles. The van der Waals surface area contributed by atoms with Crippen LogP contribution in [0.1, 0.15) is 21.5 Å². The van der Waals surface area contributed by atoms with Gasteiger partial charge in [0.2, 0.25) is 0 Å². The Morgan fingerprint density at radius 3 is 2.26 bits per heavy atom. The summed E-state index contributed by atoms with van der Waals surface area (Å²) in [5, 5.41) is 12.4. The molecule has 0 saturated carbocycles. The third kappa shape index (κ3) is 1.99. The highest BCUT2D eigenvalue weighted by Gasteiger charge is 2.32. The molecule has 1 aliphatic rings. The van der Waals surface area contributed by atoms with Gasteiger partial charge in [0.15, 0.2) is 0 Å². The zero-order chi connectivity index (χ0) is 16.0. The summed E-state index contributed by atoms with van der Waals surface area (Å²) in [7, 11) is 0. The van der Waals surface area contributed by atoms with Crippen LogP contribution in [0, 0.1) is 0 Å². The van der Waals surface area contributed by atoms with Crippen molar-refractivity contribution in [3.63, 3.8) is 0 Å². The molecule has 1 aliphatic heterocycles. The predicted octanol–water partition coefficient (Wildman–Crippen LogP) is 4.26. The molecule has 0 atom stereocenters. The first-order chi connectivity index (χ1) is 11.2. The van der Waals surface area contributed by atoms with Crippen LogP contribution in [0.2, 0.25) is 0 Å². The van der Waals surface area contributed by atoms with Gasteiger partial charge in [-0.25, -0.2) is 4.99 Å². The molecule has 0 aromatic heterocycles. The lowest BCUT2D eigenvalue weighted by atomic mass is 9.94. The van der Waals surface area contributed by atoms with Crippen LogP contribution in [0.15, 0.2) is 64.5 Å². The number of aliphatic imine (C=N–C) groups is 1. The Morgan fingerprint density at radius 2 is 1.57 bits per heavy atom. The van der Waals surface area contributed by atoms with Gasteiger partial charge in [0.05, 0.1) is 16.8 Å². The van der Waals surface area contributed by atoms with Crippen LogP contribution in [0.5, 0.6) is 5.75 Å². The van der Waals surface area contributed by atoms with Crippen molar-refractivity contribution in [2.24, 2.45) is 4.99 Å². The number of nitrogens with zero attached hydrogens (tertiary/aromatic N) is 1. The highest BCUT2D eigenvalue weighted by atomic mass is 32.2. The fourth-order valence-corrected chi connectivity index (χ4v) is 3.85. The lowest BCUT2D eigenvalue weighted by Gasteiger charge is -2.13. The molecule has 0 spiro atoms. The second-order valence-corrected chi connectivity index (χ2v) is 6.13. The Bertz CT molecular complexity index is 978. The summed E-state index contributed by atoms with van der Waals surface area (Å²) in [5.74, 6) is -0.161. The van der Waals surface area contributed by atoms with E-state index in [0.717, 1.165) is 21.2 Å². The number of carbonyl (C=O) groups is 1. The molecule has 3 nitrogen and oxygen atoms in total. The molecule has 3 aromatic carbocycles. The van der Waals surface area contributed by atoms with Crippen molar-refractivity contribution in [1.29, 1.82) is 0 Å². The van der Waals surface area contributed by atoms with E-state index in [0.29, 0.717) is 16.8 Å². The Labute approximate surface area is 137 Å². The van der Waals surface area contributed by atoms with Gasteiger partial charge in [-0.05, 0) is 11.6 Å². The molecule has 1 amide bonds. The molecule has 4 rings (SSSR count). The predicted molar refractivity (Wildman–Crippen MR) is 93.8 cm³/mol. The summed E-state index contributed by atoms with van der Waals surface area (Å²) in [6.45, 7) is 0. The number of rotatable bonds is 2. The Hall–Kier alpha value is -2.59. The first-order valence-electron chi connectivity index (χ1n) is 7.23. The molecule has 0 unspecified atom stereocenters. The van der Waals surface area contributed by atoms with Crippen molar-refractivity contribution in [2.75, 3.05) is 6.26 Å². The summed E-state index contributed by atoms with van der Waals surface area (Å²) < 4.78 is 0. The average molecular weight is 319 g/mol. The highest BCUT2D eigenvalue weighted by molar-refractivity contribution is 7.99. The first-order valence-corrected chi connectivity index (χ1v) is 8.45. The van der Waals surface area contributed by atoms with Crippen LogP contribution in [-0.2, 0) is 0 Å². The third-order valence-electron chi connectivity index (χ3n) is 4.06. The van der Waals surface area contributed by atoms with Crippen molar-refractivity contribution in [3.05, 3.63) is 71.3 Å². The van der Waals surface area contributed by atoms with Gasteiger partial charge in [-0.1, -0.05) is 54.6 Å². The molecule has 3 aromatic rings.